The Morgan fingerprint density at radius 1 is 1.47 bits per heavy atom. The largest absolute Gasteiger partial charge is 0.399 e. The molecule has 0 saturated heterocycles. The molecule has 76 valence electrons. The Bertz CT molecular complexity index is 502. The Balaban J connectivity index is 2.57. The van der Waals surface area contributed by atoms with Crippen LogP contribution in [0.2, 0.25) is 0 Å². The Morgan fingerprint density at radius 2 is 2.27 bits per heavy atom. The number of benzene rings is 1. The molecule has 2 rings (SSSR count). The average Bonchev–Trinajstić information content (AvgIpc) is 2.64. The minimum atomic E-state index is 0.562. The summed E-state index contributed by atoms with van der Waals surface area (Å²) in [6, 6.07) is 5.22. The van der Waals surface area contributed by atoms with E-state index in [1.807, 2.05) is 13.1 Å². The molecule has 0 aliphatic heterocycles. The fraction of sp³-hybridized carbons (Fsp3) is 0.0909. The van der Waals surface area contributed by atoms with Crippen LogP contribution in [0.15, 0.2) is 30.7 Å². The molecule has 0 atom stereocenters. The van der Waals surface area contributed by atoms with Crippen LogP contribution in [0.3, 0.4) is 0 Å². The molecule has 0 aliphatic rings. The third-order valence-electron chi connectivity index (χ3n) is 2.17. The van der Waals surface area contributed by atoms with Gasteiger partial charge in [-0.2, -0.15) is 0 Å². The van der Waals surface area contributed by atoms with Gasteiger partial charge in [0.05, 0.1) is 17.7 Å². The van der Waals surface area contributed by atoms with Crippen LogP contribution in [0.4, 0.5) is 5.69 Å². The smallest absolute Gasteiger partial charge is 0.152 e. The number of nitrogens with two attached hydrogens (primary N) is 1. The van der Waals surface area contributed by atoms with Crippen molar-refractivity contribution >= 4 is 12.0 Å². The Labute approximate surface area is 87.4 Å². The van der Waals surface area contributed by atoms with E-state index in [-0.39, 0.29) is 0 Å². The molecule has 0 amide bonds. The number of rotatable bonds is 2. The van der Waals surface area contributed by atoms with Crippen molar-refractivity contribution in [3.63, 3.8) is 0 Å². The molecular formula is C11H11N3O. The van der Waals surface area contributed by atoms with Crippen molar-refractivity contribution in [2.24, 2.45) is 0 Å². The summed E-state index contributed by atoms with van der Waals surface area (Å²) in [6.45, 7) is 1.90. The monoisotopic (exact) mass is 201 g/mol. The van der Waals surface area contributed by atoms with Gasteiger partial charge in [0.1, 0.15) is 0 Å². The molecule has 1 heterocycles. The van der Waals surface area contributed by atoms with Crippen LogP contribution in [0, 0.1) is 6.92 Å². The van der Waals surface area contributed by atoms with Crippen LogP contribution < -0.4 is 5.73 Å². The van der Waals surface area contributed by atoms with E-state index in [0.29, 0.717) is 11.3 Å². The van der Waals surface area contributed by atoms with Gasteiger partial charge in [-0.3, -0.25) is 4.79 Å². The number of imidazole rings is 1. The number of carbonyl (C=O) groups is 1. The van der Waals surface area contributed by atoms with E-state index < -0.39 is 0 Å². The van der Waals surface area contributed by atoms with Gasteiger partial charge in [0, 0.05) is 17.4 Å². The summed E-state index contributed by atoms with van der Waals surface area (Å²) in [5.74, 6) is 0. The molecule has 0 saturated carbocycles. The second-order valence-corrected chi connectivity index (χ2v) is 3.36. The van der Waals surface area contributed by atoms with E-state index in [4.69, 9.17) is 5.73 Å². The molecule has 2 N–H and O–H groups in total. The normalized spacial score (nSPS) is 10.2. The van der Waals surface area contributed by atoms with E-state index in [2.05, 4.69) is 4.98 Å². The SMILES string of the molecule is Cc1cn(-c2ccc(N)cc2C=O)cn1. The number of aryl methyl sites for hydroxylation is 1. The lowest BCUT2D eigenvalue weighted by Gasteiger charge is -2.05. The van der Waals surface area contributed by atoms with Crippen LogP contribution in [-0.2, 0) is 0 Å². The molecular weight excluding hydrogens is 190 g/mol. The average molecular weight is 201 g/mol. The minimum Gasteiger partial charge on any atom is -0.399 e. The maximum absolute atomic E-state index is 10.9. The van der Waals surface area contributed by atoms with E-state index >= 15 is 0 Å². The second-order valence-electron chi connectivity index (χ2n) is 3.36. The summed E-state index contributed by atoms with van der Waals surface area (Å²) in [4.78, 5) is 15.0. The van der Waals surface area contributed by atoms with Gasteiger partial charge in [-0.25, -0.2) is 4.98 Å². The fourth-order valence-electron chi connectivity index (χ4n) is 1.46. The fourth-order valence-corrected chi connectivity index (χ4v) is 1.46. The molecule has 4 heteroatoms. The van der Waals surface area contributed by atoms with Crippen LogP contribution in [0.25, 0.3) is 5.69 Å². The van der Waals surface area contributed by atoms with Crippen molar-refractivity contribution in [3.8, 4) is 5.69 Å². The van der Waals surface area contributed by atoms with Gasteiger partial charge < -0.3 is 10.3 Å². The number of aromatic nitrogens is 2. The minimum absolute atomic E-state index is 0.562. The van der Waals surface area contributed by atoms with Gasteiger partial charge in [-0.15, -0.1) is 0 Å². The topological polar surface area (TPSA) is 60.9 Å². The first-order chi connectivity index (χ1) is 7.20. The van der Waals surface area contributed by atoms with E-state index in [0.717, 1.165) is 17.7 Å². The summed E-state index contributed by atoms with van der Waals surface area (Å²) >= 11 is 0. The lowest BCUT2D eigenvalue weighted by molar-refractivity contribution is 0.112. The van der Waals surface area contributed by atoms with Crippen LogP contribution >= 0.6 is 0 Å². The van der Waals surface area contributed by atoms with Crippen molar-refractivity contribution in [2.45, 2.75) is 6.92 Å². The maximum atomic E-state index is 10.9. The van der Waals surface area contributed by atoms with E-state index in [9.17, 15) is 4.79 Å². The Morgan fingerprint density at radius 3 is 2.87 bits per heavy atom. The highest BCUT2D eigenvalue weighted by molar-refractivity contribution is 5.82. The maximum Gasteiger partial charge on any atom is 0.152 e. The standard InChI is InChI=1S/C11H11N3O/c1-8-5-14(7-13-8)11-3-2-10(12)4-9(11)6-15/h2-7H,12H2,1H3. The zero-order valence-corrected chi connectivity index (χ0v) is 8.34. The lowest BCUT2D eigenvalue weighted by Crippen LogP contribution is -1.98. The van der Waals surface area contributed by atoms with Gasteiger partial charge in [-0.1, -0.05) is 0 Å². The number of nitrogens with zero attached hydrogens (tertiary/aromatic N) is 2. The number of anilines is 1. The van der Waals surface area contributed by atoms with Gasteiger partial charge in [0.2, 0.25) is 0 Å². The van der Waals surface area contributed by atoms with Crippen molar-refractivity contribution in [1.29, 1.82) is 0 Å². The molecule has 4 nitrogen and oxygen atoms in total. The predicted molar refractivity (Wildman–Crippen MR) is 58.1 cm³/mol. The Hall–Kier alpha value is -2.10. The highest BCUT2D eigenvalue weighted by atomic mass is 16.1. The van der Waals surface area contributed by atoms with Crippen LogP contribution in [0.1, 0.15) is 16.1 Å². The first kappa shape index (κ1) is 9.45. The summed E-state index contributed by atoms with van der Waals surface area (Å²) in [5, 5.41) is 0. The van der Waals surface area contributed by atoms with Crippen molar-refractivity contribution in [3.05, 3.63) is 42.0 Å². The molecule has 1 aromatic carbocycles. The highest BCUT2D eigenvalue weighted by Gasteiger charge is 2.04. The first-order valence-corrected chi connectivity index (χ1v) is 4.56. The first-order valence-electron chi connectivity index (χ1n) is 4.56. The zero-order valence-electron chi connectivity index (χ0n) is 8.34. The molecule has 0 spiro atoms. The molecule has 0 aliphatic carbocycles. The van der Waals surface area contributed by atoms with Crippen molar-refractivity contribution < 1.29 is 4.79 Å². The van der Waals surface area contributed by atoms with Gasteiger partial charge >= 0.3 is 0 Å². The van der Waals surface area contributed by atoms with Crippen molar-refractivity contribution in [1.82, 2.24) is 9.55 Å². The second kappa shape index (κ2) is 3.57. The molecule has 2 aromatic rings. The third kappa shape index (κ3) is 1.74. The highest BCUT2D eigenvalue weighted by Crippen LogP contribution is 2.16. The summed E-state index contributed by atoms with van der Waals surface area (Å²) in [5.41, 5.74) is 8.44. The van der Waals surface area contributed by atoms with Gasteiger partial charge in [-0.05, 0) is 25.1 Å². The summed E-state index contributed by atoms with van der Waals surface area (Å²) in [6.07, 6.45) is 4.33. The van der Waals surface area contributed by atoms with Crippen LogP contribution in [-0.4, -0.2) is 15.8 Å². The number of carbonyl (C=O) groups excluding carboxylic acids is 1. The number of hydrogen-bond acceptors (Lipinski definition) is 3. The van der Waals surface area contributed by atoms with Gasteiger partial charge in [0.15, 0.2) is 6.29 Å². The molecule has 0 fully saturated rings. The quantitative estimate of drug-likeness (QED) is 0.592. The van der Waals surface area contributed by atoms with Crippen molar-refractivity contribution in [2.75, 3.05) is 5.73 Å². The molecule has 1 aromatic heterocycles. The predicted octanol–water partition coefficient (Wildman–Crippen LogP) is 1.58. The molecule has 0 unspecified atom stereocenters. The molecule has 15 heavy (non-hydrogen) atoms. The summed E-state index contributed by atoms with van der Waals surface area (Å²) < 4.78 is 1.80. The molecule has 0 bridgehead atoms. The number of aldehydes is 1. The van der Waals surface area contributed by atoms with E-state index in [1.165, 1.54) is 0 Å². The number of nitrogen functional groups attached to an aromatic ring is 1. The van der Waals surface area contributed by atoms with E-state index in [1.54, 1.807) is 29.1 Å². The van der Waals surface area contributed by atoms with Gasteiger partial charge in [0.25, 0.3) is 0 Å². The van der Waals surface area contributed by atoms with Crippen LogP contribution in [0.5, 0.6) is 0 Å². The zero-order chi connectivity index (χ0) is 10.8. The Kier molecular flexibility index (Phi) is 2.25. The lowest BCUT2D eigenvalue weighted by atomic mass is 10.1. The summed E-state index contributed by atoms with van der Waals surface area (Å²) in [7, 11) is 0. The number of hydrogen-bond donors (Lipinski definition) is 1. The third-order valence-corrected chi connectivity index (χ3v) is 2.17. The molecule has 0 radical (unpaired) electrons.